The quantitative estimate of drug-likeness (QED) is 0.855. The molecule has 0 aromatic heterocycles. The first-order chi connectivity index (χ1) is 9.65. The number of piperazine rings is 1. The topological polar surface area (TPSA) is 58.6 Å². The van der Waals surface area contributed by atoms with Crippen LogP contribution in [0.4, 0.5) is 0 Å². The maximum absolute atomic E-state index is 12.5. The van der Waals surface area contributed by atoms with Crippen molar-refractivity contribution in [2.75, 3.05) is 26.2 Å². The highest BCUT2D eigenvalue weighted by Crippen LogP contribution is 2.19. The van der Waals surface area contributed by atoms with Crippen molar-refractivity contribution in [3.63, 3.8) is 0 Å². The molecule has 0 radical (unpaired) electrons. The first kappa shape index (κ1) is 14.8. The third-order valence-electron chi connectivity index (χ3n) is 3.17. The van der Waals surface area contributed by atoms with E-state index in [9.17, 15) is 9.59 Å². The summed E-state index contributed by atoms with van der Waals surface area (Å²) in [7, 11) is 0. The SMILES string of the molecule is CCOC(=O)C1CNCCN1C(=O)c1ccccc1Cl. The van der Waals surface area contributed by atoms with Crippen LogP contribution >= 0.6 is 11.6 Å². The molecule has 0 aliphatic carbocycles. The van der Waals surface area contributed by atoms with E-state index in [0.717, 1.165) is 0 Å². The van der Waals surface area contributed by atoms with Crippen LogP contribution in [0.25, 0.3) is 0 Å². The number of carbonyl (C=O) groups is 2. The fraction of sp³-hybridized carbons (Fsp3) is 0.429. The number of halogens is 1. The maximum Gasteiger partial charge on any atom is 0.330 e. The van der Waals surface area contributed by atoms with Crippen molar-refractivity contribution < 1.29 is 14.3 Å². The Kier molecular flexibility index (Phi) is 4.98. The van der Waals surface area contributed by atoms with Crippen LogP contribution in [0.1, 0.15) is 17.3 Å². The van der Waals surface area contributed by atoms with Gasteiger partial charge in [-0.1, -0.05) is 23.7 Å². The summed E-state index contributed by atoms with van der Waals surface area (Å²) in [6, 6.07) is 6.23. The Hall–Kier alpha value is -1.59. The molecule has 1 unspecified atom stereocenters. The van der Waals surface area contributed by atoms with Gasteiger partial charge in [-0.05, 0) is 19.1 Å². The average molecular weight is 297 g/mol. The molecule has 1 amide bonds. The van der Waals surface area contributed by atoms with E-state index in [1.54, 1.807) is 31.2 Å². The number of rotatable bonds is 3. The van der Waals surface area contributed by atoms with Gasteiger partial charge < -0.3 is 15.0 Å². The highest BCUT2D eigenvalue weighted by Gasteiger charge is 2.34. The minimum Gasteiger partial charge on any atom is -0.464 e. The van der Waals surface area contributed by atoms with Crippen molar-refractivity contribution in [2.24, 2.45) is 0 Å². The molecule has 1 aliphatic rings. The molecular weight excluding hydrogens is 280 g/mol. The zero-order chi connectivity index (χ0) is 14.5. The van der Waals surface area contributed by atoms with Crippen molar-refractivity contribution in [3.8, 4) is 0 Å². The molecule has 6 heteroatoms. The molecule has 1 fully saturated rings. The second-order valence-electron chi connectivity index (χ2n) is 4.45. The summed E-state index contributed by atoms with van der Waals surface area (Å²) in [5.74, 6) is -0.629. The number of benzene rings is 1. The number of amides is 1. The number of carbonyl (C=O) groups excluding carboxylic acids is 2. The van der Waals surface area contributed by atoms with Crippen LogP contribution in [-0.4, -0.2) is 49.1 Å². The molecule has 1 N–H and O–H groups in total. The summed E-state index contributed by atoms with van der Waals surface area (Å²) in [5.41, 5.74) is 0.408. The lowest BCUT2D eigenvalue weighted by Crippen LogP contribution is -2.57. The molecule has 5 nitrogen and oxygen atoms in total. The first-order valence-corrected chi connectivity index (χ1v) is 6.95. The van der Waals surface area contributed by atoms with Gasteiger partial charge in [-0.25, -0.2) is 4.79 Å². The Morgan fingerprint density at radius 1 is 1.45 bits per heavy atom. The first-order valence-electron chi connectivity index (χ1n) is 6.58. The van der Waals surface area contributed by atoms with E-state index in [2.05, 4.69) is 5.32 Å². The van der Waals surface area contributed by atoms with Gasteiger partial charge in [0.2, 0.25) is 0 Å². The molecule has 1 saturated heterocycles. The van der Waals surface area contributed by atoms with Gasteiger partial charge in [-0.2, -0.15) is 0 Å². The van der Waals surface area contributed by atoms with Gasteiger partial charge in [-0.3, -0.25) is 4.79 Å². The summed E-state index contributed by atoms with van der Waals surface area (Å²) in [6.45, 7) is 3.53. The molecule has 2 rings (SSSR count). The normalized spacial score (nSPS) is 18.7. The molecule has 0 bridgehead atoms. The second kappa shape index (κ2) is 6.72. The molecule has 1 aromatic carbocycles. The van der Waals surface area contributed by atoms with Gasteiger partial charge in [0.1, 0.15) is 6.04 Å². The standard InChI is InChI=1S/C14H17ClN2O3/c1-2-20-14(19)12-9-16-7-8-17(12)13(18)10-5-3-4-6-11(10)15/h3-6,12,16H,2,7-9H2,1H3. The highest BCUT2D eigenvalue weighted by atomic mass is 35.5. The van der Waals surface area contributed by atoms with Gasteiger partial charge in [0.25, 0.3) is 5.91 Å². The van der Waals surface area contributed by atoms with Gasteiger partial charge in [0.15, 0.2) is 0 Å². The largest absolute Gasteiger partial charge is 0.464 e. The monoisotopic (exact) mass is 296 g/mol. The Balaban J connectivity index is 2.22. The van der Waals surface area contributed by atoms with Gasteiger partial charge in [-0.15, -0.1) is 0 Å². The van der Waals surface area contributed by atoms with Gasteiger partial charge in [0, 0.05) is 19.6 Å². The van der Waals surface area contributed by atoms with Crippen LogP contribution in [0.2, 0.25) is 5.02 Å². The molecule has 1 aliphatic heterocycles. The molecule has 20 heavy (non-hydrogen) atoms. The van der Waals surface area contributed by atoms with E-state index in [-0.39, 0.29) is 11.9 Å². The zero-order valence-electron chi connectivity index (χ0n) is 11.3. The highest BCUT2D eigenvalue weighted by molar-refractivity contribution is 6.33. The Bertz CT molecular complexity index is 507. The van der Waals surface area contributed by atoms with Crippen molar-refractivity contribution in [1.82, 2.24) is 10.2 Å². The third-order valence-corrected chi connectivity index (χ3v) is 3.50. The minimum atomic E-state index is -0.604. The van der Waals surface area contributed by atoms with E-state index in [4.69, 9.17) is 16.3 Å². The predicted molar refractivity (Wildman–Crippen MR) is 75.8 cm³/mol. The summed E-state index contributed by atoms with van der Waals surface area (Å²) in [4.78, 5) is 26.0. The predicted octanol–water partition coefficient (Wildman–Crippen LogP) is 1.32. The lowest BCUT2D eigenvalue weighted by molar-refractivity contribution is -0.149. The zero-order valence-corrected chi connectivity index (χ0v) is 12.0. The maximum atomic E-state index is 12.5. The molecule has 0 spiro atoms. The van der Waals surface area contributed by atoms with Crippen LogP contribution in [-0.2, 0) is 9.53 Å². The van der Waals surface area contributed by atoms with E-state index in [1.807, 2.05) is 0 Å². The summed E-state index contributed by atoms with van der Waals surface area (Å²) in [5, 5.41) is 3.49. The molecular formula is C14H17ClN2O3. The number of hydrogen-bond acceptors (Lipinski definition) is 4. The molecule has 1 heterocycles. The van der Waals surface area contributed by atoms with Gasteiger partial charge >= 0.3 is 5.97 Å². The number of hydrogen-bond donors (Lipinski definition) is 1. The van der Waals surface area contributed by atoms with Crippen LogP contribution in [0.5, 0.6) is 0 Å². The fourth-order valence-corrected chi connectivity index (χ4v) is 2.40. The average Bonchev–Trinajstić information content (AvgIpc) is 2.47. The molecule has 0 saturated carbocycles. The second-order valence-corrected chi connectivity index (χ2v) is 4.86. The smallest absolute Gasteiger partial charge is 0.330 e. The Morgan fingerprint density at radius 3 is 2.90 bits per heavy atom. The number of nitrogens with zero attached hydrogens (tertiary/aromatic N) is 1. The number of esters is 1. The third kappa shape index (κ3) is 3.11. The van der Waals surface area contributed by atoms with Gasteiger partial charge in [0.05, 0.1) is 17.2 Å². The molecule has 1 aromatic rings. The Labute approximate surface area is 122 Å². The lowest BCUT2D eigenvalue weighted by atomic mass is 10.1. The fourth-order valence-electron chi connectivity index (χ4n) is 2.19. The summed E-state index contributed by atoms with van der Waals surface area (Å²) >= 11 is 6.05. The van der Waals surface area contributed by atoms with E-state index in [1.165, 1.54) is 4.90 Å². The van der Waals surface area contributed by atoms with Crippen molar-refractivity contribution in [2.45, 2.75) is 13.0 Å². The van der Waals surface area contributed by atoms with Crippen molar-refractivity contribution in [3.05, 3.63) is 34.9 Å². The van der Waals surface area contributed by atoms with Crippen LogP contribution in [0.15, 0.2) is 24.3 Å². The number of nitrogens with one attached hydrogen (secondary N) is 1. The van der Waals surface area contributed by atoms with Crippen LogP contribution in [0, 0.1) is 0 Å². The molecule has 108 valence electrons. The summed E-state index contributed by atoms with van der Waals surface area (Å²) < 4.78 is 5.02. The van der Waals surface area contributed by atoms with Crippen molar-refractivity contribution in [1.29, 1.82) is 0 Å². The van der Waals surface area contributed by atoms with E-state index >= 15 is 0 Å². The Morgan fingerprint density at radius 2 is 2.20 bits per heavy atom. The van der Waals surface area contributed by atoms with Crippen molar-refractivity contribution >= 4 is 23.5 Å². The van der Waals surface area contributed by atoms with Crippen LogP contribution in [0.3, 0.4) is 0 Å². The number of ether oxygens (including phenoxy) is 1. The van der Waals surface area contributed by atoms with E-state index in [0.29, 0.717) is 36.8 Å². The summed E-state index contributed by atoms with van der Waals surface area (Å²) in [6.07, 6.45) is 0. The lowest BCUT2D eigenvalue weighted by Gasteiger charge is -2.34. The van der Waals surface area contributed by atoms with Crippen LogP contribution < -0.4 is 5.32 Å². The van der Waals surface area contributed by atoms with E-state index < -0.39 is 6.04 Å². The minimum absolute atomic E-state index is 0.241. The molecule has 1 atom stereocenters.